The molecule has 0 rings (SSSR count). The van der Waals surface area contributed by atoms with Crippen LogP contribution in [0.1, 0.15) is 123 Å². The summed E-state index contributed by atoms with van der Waals surface area (Å²) >= 11 is 0. The van der Waals surface area contributed by atoms with Crippen molar-refractivity contribution in [2.24, 2.45) is 0 Å². The van der Waals surface area contributed by atoms with E-state index in [0.717, 1.165) is 103 Å². The van der Waals surface area contributed by atoms with Gasteiger partial charge in [0.15, 0.2) is 0 Å². The molecule has 0 aromatic heterocycles. The molecule has 0 saturated carbocycles. The van der Waals surface area contributed by atoms with E-state index >= 15 is 0 Å². The topological polar surface area (TPSA) is 65.4 Å². The van der Waals surface area contributed by atoms with E-state index < -0.39 is 8.56 Å². The van der Waals surface area contributed by atoms with E-state index in [0.29, 0.717) is 0 Å². The summed E-state index contributed by atoms with van der Waals surface area (Å²) in [5.41, 5.74) is 0. The molecule has 6 nitrogen and oxygen atoms in total. The largest absolute Gasteiger partial charge is 0.395 e. The lowest BCUT2D eigenvalue weighted by Crippen LogP contribution is -2.39. The van der Waals surface area contributed by atoms with Gasteiger partial charge in [0.05, 0.1) is 13.2 Å². The smallest absolute Gasteiger partial charge is 0.334 e. The maximum absolute atomic E-state index is 9.68. The average molecular weight is 671 g/mol. The summed E-state index contributed by atoms with van der Waals surface area (Å²) in [6.07, 6.45) is 29.8. The fraction of sp³-hybridized carbons (Fsp3) is 0.892. The van der Waals surface area contributed by atoms with Crippen LogP contribution in [0.15, 0.2) is 24.3 Å². The highest BCUT2D eigenvalue weighted by molar-refractivity contribution is 6.66. The summed E-state index contributed by atoms with van der Waals surface area (Å²) in [5.74, 6) is 0. The average Bonchev–Trinajstić information content (AvgIpc) is 3.03. The molecule has 0 aromatic rings. The molecule has 0 bridgehead atoms. The Bertz CT molecular complexity index is 626. The highest BCUT2D eigenvalue weighted by Gasteiger charge is 2.30. The van der Waals surface area contributed by atoms with Crippen LogP contribution in [0, 0.1) is 0 Å². The van der Waals surface area contributed by atoms with Gasteiger partial charge >= 0.3 is 8.56 Å². The normalized spacial score (nSPS) is 12.9. The Hall–Kier alpha value is -0.326. The first-order chi connectivity index (χ1) is 22.0. The third kappa shape index (κ3) is 30.7. The number of unbranched alkanes of at least 4 members (excludes halogenated alkanes) is 10. The molecule has 0 aliphatic carbocycles. The minimum absolute atomic E-state index is 0.166. The van der Waals surface area contributed by atoms with Gasteiger partial charge < -0.3 is 28.9 Å². The van der Waals surface area contributed by atoms with Crippen LogP contribution in [0.3, 0.4) is 0 Å². The second-order valence-corrected chi connectivity index (χ2v) is 18.1. The van der Waals surface area contributed by atoms with Crippen LogP contribution in [-0.4, -0.2) is 104 Å². The quantitative estimate of drug-likeness (QED) is 0.0399. The zero-order valence-electron chi connectivity index (χ0n) is 30.6. The highest BCUT2D eigenvalue weighted by atomic mass is 28.4. The molecule has 0 aliphatic heterocycles. The lowest BCUT2D eigenvalue weighted by Gasteiger charge is -2.28. The van der Waals surface area contributed by atoms with Crippen LogP contribution in [0.5, 0.6) is 0 Å². The first kappa shape index (κ1) is 44.7. The monoisotopic (exact) mass is 671 g/mol. The summed E-state index contributed by atoms with van der Waals surface area (Å²) < 4.78 is 13.1. The Kier molecular flexibility index (Phi) is 34.7. The van der Waals surface area contributed by atoms with Gasteiger partial charge in [0.25, 0.3) is 0 Å². The second-order valence-electron chi connectivity index (χ2n) is 13.1. The number of hydrogen-bond donors (Lipinski definition) is 2. The second kappa shape index (κ2) is 35.0. The molecule has 0 aromatic carbocycles. The van der Waals surface area contributed by atoms with E-state index in [9.17, 15) is 10.2 Å². The van der Waals surface area contributed by atoms with Crippen molar-refractivity contribution in [2.75, 3.05) is 65.7 Å². The zero-order chi connectivity index (χ0) is 33.1. The molecule has 0 fully saturated rings. The van der Waals surface area contributed by atoms with Gasteiger partial charge in [-0.05, 0) is 109 Å². The Balaban J connectivity index is 4.65. The molecular weight excluding hydrogens is 593 g/mol. The van der Waals surface area contributed by atoms with Crippen LogP contribution >= 0.6 is 0 Å². The van der Waals surface area contributed by atoms with E-state index in [1.807, 2.05) is 0 Å². The minimum Gasteiger partial charge on any atom is -0.395 e. The molecule has 45 heavy (non-hydrogen) atoms. The number of allylic oxidation sites excluding steroid dienone is 4. The predicted octanol–water partition coefficient (Wildman–Crippen LogP) is 8.10. The Morgan fingerprint density at radius 3 is 1.44 bits per heavy atom. The van der Waals surface area contributed by atoms with Crippen molar-refractivity contribution in [1.29, 1.82) is 0 Å². The SMILES string of the molecule is CCCCC/C=C\CCCO[Si](C)(CCCCN(CCO)CCCN(CCO)CCCC[SiH2]C)OCCC/C=C\CCCCC. The van der Waals surface area contributed by atoms with Crippen molar-refractivity contribution in [3.63, 3.8) is 0 Å². The zero-order valence-corrected chi connectivity index (χ0v) is 33.0. The molecule has 0 heterocycles. The molecule has 0 unspecified atom stereocenters. The maximum atomic E-state index is 9.68. The first-order valence-corrected chi connectivity index (χ1v) is 24.2. The molecule has 8 heteroatoms. The third-order valence-corrected chi connectivity index (χ3v) is 12.7. The molecule has 0 atom stereocenters. The summed E-state index contributed by atoms with van der Waals surface area (Å²) in [6, 6.07) is 2.47. The van der Waals surface area contributed by atoms with E-state index in [2.05, 4.69) is 61.0 Å². The number of rotatable bonds is 36. The predicted molar refractivity (Wildman–Crippen MR) is 203 cm³/mol. The summed E-state index contributed by atoms with van der Waals surface area (Å²) in [5, 5.41) is 19.2. The maximum Gasteiger partial charge on any atom is 0.334 e. The van der Waals surface area contributed by atoms with E-state index in [1.54, 1.807) is 0 Å². The van der Waals surface area contributed by atoms with Gasteiger partial charge in [-0.25, -0.2) is 0 Å². The number of aliphatic hydroxyl groups excluding tert-OH is 2. The number of hydrogen-bond acceptors (Lipinski definition) is 6. The van der Waals surface area contributed by atoms with Crippen LogP contribution in [-0.2, 0) is 8.85 Å². The summed E-state index contributed by atoms with van der Waals surface area (Å²) in [6.45, 7) is 16.9. The Morgan fingerprint density at radius 2 is 1.00 bits per heavy atom. The Morgan fingerprint density at radius 1 is 0.556 bits per heavy atom. The van der Waals surface area contributed by atoms with Crippen molar-refractivity contribution in [2.45, 2.75) is 148 Å². The van der Waals surface area contributed by atoms with E-state index in [4.69, 9.17) is 8.85 Å². The molecule has 0 radical (unpaired) electrons. The fourth-order valence-electron chi connectivity index (χ4n) is 5.68. The van der Waals surface area contributed by atoms with Crippen LogP contribution in [0.2, 0.25) is 25.2 Å². The lowest BCUT2D eigenvalue weighted by atomic mass is 10.2. The van der Waals surface area contributed by atoms with Gasteiger partial charge in [-0.3, -0.25) is 0 Å². The van der Waals surface area contributed by atoms with E-state index in [-0.39, 0.29) is 22.7 Å². The molecule has 0 aliphatic rings. The van der Waals surface area contributed by atoms with Gasteiger partial charge in [0, 0.05) is 35.8 Å². The van der Waals surface area contributed by atoms with Gasteiger partial charge in [0.1, 0.15) is 0 Å². The highest BCUT2D eigenvalue weighted by Crippen LogP contribution is 2.19. The van der Waals surface area contributed by atoms with E-state index in [1.165, 1.54) is 70.3 Å². The molecule has 2 N–H and O–H groups in total. The standard InChI is InChI=1S/C37H78N2O4Si2/c1-5-7-9-11-13-15-17-21-34-42-45(4,43-35-22-18-16-14-12-10-8-6-2)37-24-20-27-39(31-33-41)29-25-28-38(30-32-40)26-19-23-36-44-3/h13-16,40-41H,5-12,17-37,44H2,1-4H3/b15-13-,16-14-. The third-order valence-electron chi connectivity index (χ3n) is 8.59. The lowest BCUT2D eigenvalue weighted by molar-refractivity contribution is 0.162. The van der Waals surface area contributed by atoms with Crippen molar-refractivity contribution in [3.8, 4) is 0 Å². The van der Waals surface area contributed by atoms with Gasteiger partial charge in [-0.15, -0.1) is 0 Å². The van der Waals surface area contributed by atoms with Crippen LogP contribution < -0.4 is 0 Å². The fourth-order valence-corrected chi connectivity index (χ4v) is 8.95. The number of aliphatic hydroxyl groups is 2. The minimum atomic E-state index is -2.22. The van der Waals surface area contributed by atoms with Crippen LogP contribution in [0.25, 0.3) is 0 Å². The summed E-state index contributed by atoms with van der Waals surface area (Å²) in [7, 11) is -2.06. The van der Waals surface area contributed by atoms with Crippen molar-refractivity contribution in [3.05, 3.63) is 24.3 Å². The van der Waals surface area contributed by atoms with Crippen molar-refractivity contribution in [1.82, 2.24) is 9.80 Å². The van der Waals surface area contributed by atoms with Crippen molar-refractivity contribution >= 4 is 18.1 Å². The molecule has 0 saturated heterocycles. The Labute approximate surface area is 284 Å². The van der Waals surface area contributed by atoms with Crippen LogP contribution in [0.4, 0.5) is 0 Å². The van der Waals surface area contributed by atoms with Crippen molar-refractivity contribution < 1.29 is 19.1 Å². The van der Waals surface area contributed by atoms with Gasteiger partial charge in [-0.2, -0.15) is 0 Å². The molecule has 0 spiro atoms. The van der Waals surface area contributed by atoms with Gasteiger partial charge in [0.2, 0.25) is 0 Å². The first-order valence-electron chi connectivity index (χ1n) is 19.3. The number of nitrogens with zero attached hydrogens (tertiary/aromatic N) is 2. The molecule has 268 valence electrons. The van der Waals surface area contributed by atoms with Gasteiger partial charge in [-0.1, -0.05) is 89.3 Å². The molecule has 0 amide bonds. The molecular formula is C37H78N2O4Si2. The summed E-state index contributed by atoms with van der Waals surface area (Å²) in [4.78, 5) is 4.84.